The van der Waals surface area contributed by atoms with Crippen LogP contribution >= 0.6 is 0 Å². The van der Waals surface area contributed by atoms with E-state index in [-0.39, 0.29) is 24.7 Å². The highest BCUT2D eigenvalue weighted by molar-refractivity contribution is 7.86. The summed E-state index contributed by atoms with van der Waals surface area (Å²) in [6.07, 6.45) is 1.81. The molecule has 25 heavy (non-hydrogen) atoms. The van der Waals surface area contributed by atoms with Crippen LogP contribution in [0.15, 0.2) is 16.8 Å². The van der Waals surface area contributed by atoms with Crippen LogP contribution in [0.3, 0.4) is 0 Å². The van der Waals surface area contributed by atoms with Crippen molar-refractivity contribution in [2.75, 3.05) is 12.9 Å². The van der Waals surface area contributed by atoms with Crippen LogP contribution in [0.5, 0.6) is 0 Å². The maximum atomic E-state index is 12.1. The Morgan fingerprint density at radius 1 is 1.40 bits per heavy atom. The lowest BCUT2D eigenvalue weighted by molar-refractivity contribution is -0.139. The molecule has 1 rings (SSSR count). The molecule has 1 aliphatic carbocycles. The lowest BCUT2D eigenvalue weighted by Gasteiger charge is -2.35. The standard InChI is InChI=1S/C15H25N3O6S/c1-5-11(6-2)23-13-9-10(15(19)22-7-3)8-12(17-18-16)14(13)24-25(4,20)21/h9,11-14H,5-8H2,1-4H3/t12?,13-,14?/m1/s1. The molecule has 0 aliphatic heterocycles. The van der Waals surface area contributed by atoms with Crippen LogP contribution in [-0.4, -0.2) is 51.6 Å². The molecule has 0 fully saturated rings. The van der Waals surface area contributed by atoms with Crippen LogP contribution in [-0.2, 0) is 28.6 Å². The smallest absolute Gasteiger partial charge is 0.333 e. The molecule has 0 N–H and O–H groups in total. The van der Waals surface area contributed by atoms with E-state index in [1.807, 2.05) is 13.8 Å². The molecule has 0 saturated carbocycles. The largest absolute Gasteiger partial charge is 0.463 e. The number of hydrogen-bond acceptors (Lipinski definition) is 7. The van der Waals surface area contributed by atoms with Gasteiger partial charge in [0, 0.05) is 10.5 Å². The lowest BCUT2D eigenvalue weighted by atomic mass is 9.90. The number of carbonyl (C=O) groups is 1. The summed E-state index contributed by atoms with van der Waals surface area (Å²) >= 11 is 0. The molecule has 0 aromatic heterocycles. The molecule has 10 heteroatoms. The molecular weight excluding hydrogens is 350 g/mol. The molecule has 9 nitrogen and oxygen atoms in total. The molecule has 2 unspecified atom stereocenters. The van der Waals surface area contributed by atoms with Gasteiger partial charge < -0.3 is 9.47 Å². The zero-order valence-corrected chi connectivity index (χ0v) is 15.7. The summed E-state index contributed by atoms with van der Waals surface area (Å²) in [5, 5.41) is 3.61. The summed E-state index contributed by atoms with van der Waals surface area (Å²) in [5.41, 5.74) is 9.08. The van der Waals surface area contributed by atoms with E-state index in [0.717, 1.165) is 6.26 Å². The summed E-state index contributed by atoms with van der Waals surface area (Å²) < 4.78 is 39.3. The van der Waals surface area contributed by atoms with E-state index < -0.39 is 34.3 Å². The first kappa shape index (κ1) is 21.4. The third-order valence-electron chi connectivity index (χ3n) is 3.78. The predicted octanol–water partition coefficient (Wildman–Crippen LogP) is 2.48. The second-order valence-corrected chi connectivity index (χ2v) is 7.29. The summed E-state index contributed by atoms with van der Waals surface area (Å²) in [5.74, 6) is -0.545. The third kappa shape index (κ3) is 6.66. The number of rotatable bonds is 9. The van der Waals surface area contributed by atoms with Gasteiger partial charge in [-0.15, -0.1) is 0 Å². The Kier molecular flexibility index (Phi) is 8.37. The van der Waals surface area contributed by atoms with Crippen LogP contribution in [0.4, 0.5) is 0 Å². The maximum Gasteiger partial charge on any atom is 0.333 e. The average molecular weight is 375 g/mol. The minimum atomic E-state index is -3.81. The number of esters is 1. The SMILES string of the molecule is CCOC(=O)C1=C[C@@H](OC(CC)CC)C(OS(C)(=O)=O)C(N=[N+]=[N-])C1. The maximum absolute atomic E-state index is 12.1. The zero-order valence-electron chi connectivity index (χ0n) is 14.9. The van der Waals surface area contributed by atoms with Crippen molar-refractivity contribution in [3.05, 3.63) is 22.1 Å². The molecule has 1 aliphatic rings. The number of ether oxygens (including phenoxy) is 2. The highest BCUT2D eigenvalue weighted by atomic mass is 32.2. The fourth-order valence-electron chi connectivity index (χ4n) is 2.61. The molecule has 0 saturated heterocycles. The molecule has 0 radical (unpaired) electrons. The average Bonchev–Trinajstić information content (AvgIpc) is 2.54. The highest BCUT2D eigenvalue weighted by Crippen LogP contribution is 2.29. The Morgan fingerprint density at radius 2 is 2.04 bits per heavy atom. The molecule has 0 aromatic rings. The van der Waals surface area contributed by atoms with Crippen LogP contribution in [0, 0.1) is 0 Å². The second kappa shape index (κ2) is 9.76. The monoisotopic (exact) mass is 375 g/mol. The summed E-state index contributed by atoms with van der Waals surface area (Å²) in [6, 6.07) is -0.900. The van der Waals surface area contributed by atoms with Crippen LogP contribution in [0.2, 0.25) is 0 Å². The van der Waals surface area contributed by atoms with Gasteiger partial charge in [-0.3, -0.25) is 4.18 Å². The molecule has 0 heterocycles. The van der Waals surface area contributed by atoms with E-state index in [1.165, 1.54) is 6.08 Å². The summed E-state index contributed by atoms with van der Waals surface area (Å²) in [6.45, 7) is 5.75. The van der Waals surface area contributed by atoms with Gasteiger partial charge in [-0.25, -0.2) is 4.79 Å². The first-order chi connectivity index (χ1) is 11.8. The van der Waals surface area contributed by atoms with Gasteiger partial charge in [0.2, 0.25) is 0 Å². The fraction of sp³-hybridized carbons (Fsp3) is 0.800. The van der Waals surface area contributed by atoms with Crippen LogP contribution < -0.4 is 0 Å². The minimum absolute atomic E-state index is 0.0197. The van der Waals surface area contributed by atoms with Gasteiger partial charge in [0.15, 0.2) is 0 Å². The summed E-state index contributed by atoms with van der Waals surface area (Å²) in [7, 11) is -3.81. The quantitative estimate of drug-likeness (QED) is 0.200. The van der Waals surface area contributed by atoms with E-state index in [2.05, 4.69) is 10.0 Å². The molecule has 142 valence electrons. The first-order valence-electron chi connectivity index (χ1n) is 8.21. The Morgan fingerprint density at radius 3 is 2.52 bits per heavy atom. The number of carbonyl (C=O) groups excluding carboxylic acids is 1. The summed E-state index contributed by atoms with van der Waals surface area (Å²) in [4.78, 5) is 14.8. The Bertz CT molecular complexity index is 638. The normalized spacial score (nSPS) is 23.7. The predicted molar refractivity (Wildman–Crippen MR) is 91.2 cm³/mol. The molecule has 0 aromatic carbocycles. The fourth-order valence-corrected chi connectivity index (χ4v) is 3.25. The van der Waals surface area contributed by atoms with E-state index in [1.54, 1.807) is 6.92 Å². The van der Waals surface area contributed by atoms with Crippen molar-refractivity contribution in [2.45, 2.75) is 64.4 Å². The van der Waals surface area contributed by atoms with Gasteiger partial charge in [0.05, 0.1) is 25.0 Å². The van der Waals surface area contributed by atoms with Crippen molar-refractivity contribution in [2.24, 2.45) is 5.11 Å². The zero-order chi connectivity index (χ0) is 19.0. The molecule has 0 amide bonds. The van der Waals surface area contributed by atoms with Gasteiger partial charge in [-0.05, 0) is 37.8 Å². The van der Waals surface area contributed by atoms with Gasteiger partial charge in [-0.2, -0.15) is 8.42 Å². The van der Waals surface area contributed by atoms with E-state index in [9.17, 15) is 13.2 Å². The molecule has 0 bridgehead atoms. The van der Waals surface area contributed by atoms with Crippen molar-refractivity contribution >= 4 is 16.1 Å². The Labute approximate surface area is 148 Å². The van der Waals surface area contributed by atoms with E-state index in [4.69, 9.17) is 19.2 Å². The Hall–Kier alpha value is -1.61. The molecule has 3 atom stereocenters. The van der Waals surface area contributed by atoms with Crippen molar-refractivity contribution in [1.82, 2.24) is 0 Å². The third-order valence-corrected chi connectivity index (χ3v) is 4.35. The first-order valence-corrected chi connectivity index (χ1v) is 10.0. The molecular formula is C15H25N3O6S. The van der Waals surface area contributed by atoms with Crippen LogP contribution in [0.1, 0.15) is 40.0 Å². The van der Waals surface area contributed by atoms with E-state index >= 15 is 0 Å². The van der Waals surface area contributed by atoms with Crippen molar-refractivity contribution < 1.29 is 26.9 Å². The number of hydrogen-bond donors (Lipinski definition) is 0. The number of azide groups is 1. The topological polar surface area (TPSA) is 128 Å². The van der Waals surface area contributed by atoms with Crippen molar-refractivity contribution in [1.29, 1.82) is 0 Å². The highest BCUT2D eigenvalue weighted by Gasteiger charge is 2.39. The minimum Gasteiger partial charge on any atom is -0.463 e. The number of nitrogens with zero attached hydrogens (tertiary/aromatic N) is 3. The van der Waals surface area contributed by atoms with Gasteiger partial charge in [-0.1, -0.05) is 19.0 Å². The van der Waals surface area contributed by atoms with Gasteiger partial charge in [0.1, 0.15) is 12.2 Å². The van der Waals surface area contributed by atoms with E-state index in [0.29, 0.717) is 12.8 Å². The second-order valence-electron chi connectivity index (χ2n) is 5.69. The Balaban J connectivity index is 3.26. The van der Waals surface area contributed by atoms with Crippen molar-refractivity contribution in [3.63, 3.8) is 0 Å². The lowest BCUT2D eigenvalue weighted by Crippen LogP contribution is -2.45. The van der Waals surface area contributed by atoms with Crippen molar-refractivity contribution in [3.8, 4) is 0 Å². The van der Waals surface area contributed by atoms with Crippen LogP contribution in [0.25, 0.3) is 10.4 Å². The van der Waals surface area contributed by atoms with Gasteiger partial charge >= 0.3 is 5.97 Å². The van der Waals surface area contributed by atoms with Gasteiger partial charge in [0.25, 0.3) is 10.1 Å². The molecule has 0 spiro atoms.